The number of alkyl halides is 2. The monoisotopic (exact) mass is 600 g/mol. The number of piperidine rings is 2. The summed E-state index contributed by atoms with van der Waals surface area (Å²) in [5.74, 6) is -2.65. The van der Waals surface area contributed by atoms with E-state index >= 15 is 0 Å². The number of carbonyl (C=O) groups is 2. The van der Waals surface area contributed by atoms with Crippen LogP contribution in [-0.2, 0) is 14.9 Å². The summed E-state index contributed by atoms with van der Waals surface area (Å²) >= 11 is 0. The van der Waals surface area contributed by atoms with E-state index < -0.39 is 41.1 Å². The van der Waals surface area contributed by atoms with Gasteiger partial charge in [-0.25, -0.2) is 13.6 Å². The largest absolute Gasteiger partial charge is 0.444 e. The Hall–Kier alpha value is -3.08. The highest BCUT2D eigenvalue weighted by molar-refractivity contribution is 5.86. The number of hydrogen-bond donors (Lipinski definition) is 1. The van der Waals surface area contributed by atoms with Crippen LogP contribution in [-0.4, -0.2) is 80.4 Å². The summed E-state index contributed by atoms with van der Waals surface area (Å²) in [4.78, 5) is 35.4. The molecule has 9 nitrogen and oxygen atoms in total. The lowest BCUT2D eigenvalue weighted by Crippen LogP contribution is -2.65. The molecular weight excluding hydrogens is 558 g/mol. The molecular formula is C32H42F2N4O5. The van der Waals surface area contributed by atoms with E-state index in [1.54, 1.807) is 30.6 Å². The summed E-state index contributed by atoms with van der Waals surface area (Å²) in [5.41, 5.74) is 0.280. The van der Waals surface area contributed by atoms with Crippen molar-refractivity contribution in [1.29, 1.82) is 0 Å². The smallest absolute Gasteiger partial charge is 0.410 e. The van der Waals surface area contributed by atoms with Crippen molar-refractivity contribution in [2.75, 3.05) is 19.6 Å². The molecule has 2 aliphatic heterocycles. The molecule has 0 radical (unpaired) electrons. The molecule has 1 N–H and O–H groups in total. The highest BCUT2D eigenvalue weighted by Crippen LogP contribution is 2.50. The minimum absolute atomic E-state index is 0.177. The average molecular weight is 601 g/mol. The molecule has 0 bridgehead atoms. The van der Waals surface area contributed by atoms with E-state index in [1.165, 1.54) is 0 Å². The first-order valence-corrected chi connectivity index (χ1v) is 15.5. The number of nitrogens with zero attached hydrogens (tertiary/aromatic N) is 4. The second-order valence-electron chi connectivity index (χ2n) is 14.3. The second-order valence-corrected chi connectivity index (χ2v) is 14.3. The summed E-state index contributed by atoms with van der Waals surface area (Å²) in [7, 11) is 0. The number of halogens is 2. The van der Waals surface area contributed by atoms with Crippen LogP contribution in [0.25, 0.3) is 0 Å². The quantitative estimate of drug-likeness (QED) is 0.505. The number of aliphatic hydroxyl groups is 1. The van der Waals surface area contributed by atoms with Gasteiger partial charge in [0, 0.05) is 50.2 Å². The van der Waals surface area contributed by atoms with Crippen LogP contribution in [0.4, 0.5) is 13.6 Å². The van der Waals surface area contributed by atoms with Crippen molar-refractivity contribution >= 4 is 12.0 Å². The molecule has 2 atom stereocenters. The predicted octanol–water partition coefficient (Wildman–Crippen LogP) is 5.34. The van der Waals surface area contributed by atoms with Gasteiger partial charge in [0.25, 0.3) is 0 Å². The maximum atomic E-state index is 14.1. The Morgan fingerprint density at radius 3 is 2.28 bits per heavy atom. The van der Waals surface area contributed by atoms with E-state index in [-0.39, 0.29) is 30.6 Å². The molecule has 43 heavy (non-hydrogen) atoms. The lowest BCUT2D eigenvalue weighted by atomic mass is 9.61. The van der Waals surface area contributed by atoms with E-state index in [0.717, 1.165) is 30.4 Å². The van der Waals surface area contributed by atoms with E-state index in [0.29, 0.717) is 44.2 Å². The first-order chi connectivity index (χ1) is 20.2. The van der Waals surface area contributed by atoms with Crippen molar-refractivity contribution in [2.24, 2.45) is 5.41 Å². The zero-order chi connectivity index (χ0) is 30.8. The van der Waals surface area contributed by atoms with Crippen molar-refractivity contribution < 1.29 is 32.7 Å². The van der Waals surface area contributed by atoms with Crippen LogP contribution < -0.4 is 0 Å². The third-order valence-electron chi connectivity index (χ3n) is 10.1. The molecule has 4 fully saturated rings. The maximum Gasteiger partial charge on any atom is 0.410 e. The number of aryl methyl sites for hydroxylation is 1. The van der Waals surface area contributed by atoms with Gasteiger partial charge in [0.1, 0.15) is 11.6 Å². The Bertz CT molecular complexity index is 1350. The number of benzene rings is 1. The highest BCUT2D eigenvalue weighted by atomic mass is 19.3. The number of carbonyl (C=O) groups excluding carboxylic acids is 2. The lowest BCUT2D eigenvalue weighted by molar-refractivity contribution is -0.153. The van der Waals surface area contributed by atoms with Gasteiger partial charge in [-0.3, -0.25) is 9.69 Å². The number of hydrogen-bond acceptors (Lipinski definition) is 7. The molecule has 1 spiro atoms. The molecule has 234 valence electrons. The van der Waals surface area contributed by atoms with Crippen LogP contribution in [0.3, 0.4) is 0 Å². The van der Waals surface area contributed by atoms with Crippen molar-refractivity contribution in [2.45, 2.75) is 114 Å². The molecule has 1 aromatic heterocycles. The summed E-state index contributed by atoms with van der Waals surface area (Å²) < 4.78 is 38.6. The van der Waals surface area contributed by atoms with Crippen molar-refractivity contribution in [1.82, 2.24) is 19.9 Å². The van der Waals surface area contributed by atoms with E-state index in [4.69, 9.17) is 9.26 Å². The van der Waals surface area contributed by atoms with Gasteiger partial charge in [-0.05, 0) is 58.9 Å². The standard InChI is InChI=1S/C32H42F2N4O5/c1-20-6-8-22(9-7-20)31(27-35-25(36-43-27)21-17-32(33,34)18-21)12-14-37(15-13-31)26(40)23-16-24(39)30(10-5-11-30)19-38(23)28(41)42-29(2,3)4/h6-9,21,23-24,39H,5,10-19H2,1-4H3/t23-,24+/m0/s1. The SMILES string of the molecule is Cc1ccc(C2(c3nc(C4CC(F)(F)C4)no3)CCN(C(=O)[C@@H]3C[C@@H](O)C4(CCC4)CN3C(=O)OC(C)(C)C)CC2)cc1. The van der Waals surface area contributed by atoms with Crippen molar-refractivity contribution in [3.05, 3.63) is 47.1 Å². The summed E-state index contributed by atoms with van der Waals surface area (Å²) in [6.07, 6.45) is 2.01. The summed E-state index contributed by atoms with van der Waals surface area (Å²) in [6, 6.07) is 7.24. The number of aromatic nitrogens is 2. The molecule has 2 saturated heterocycles. The predicted molar refractivity (Wildman–Crippen MR) is 153 cm³/mol. The van der Waals surface area contributed by atoms with Gasteiger partial charge in [-0.1, -0.05) is 41.4 Å². The van der Waals surface area contributed by atoms with Gasteiger partial charge in [0.2, 0.25) is 17.7 Å². The number of amides is 2. The molecule has 0 unspecified atom stereocenters. The van der Waals surface area contributed by atoms with Gasteiger partial charge in [-0.15, -0.1) is 0 Å². The van der Waals surface area contributed by atoms with Gasteiger partial charge >= 0.3 is 6.09 Å². The van der Waals surface area contributed by atoms with Crippen molar-refractivity contribution in [3.8, 4) is 0 Å². The Morgan fingerprint density at radius 1 is 1.07 bits per heavy atom. The highest BCUT2D eigenvalue weighted by Gasteiger charge is 2.55. The zero-order valence-electron chi connectivity index (χ0n) is 25.4. The van der Waals surface area contributed by atoms with Crippen LogP contribution in [0, 0.1) is 12.3 Å². The number of likely N-dealkylation sites (tertiary alicyclic amines) is 2. The molecule has 11 heteroatoms. The van der Waals surface area contributed by atoms with Crippen LogP contribution in [0.15, 0.2) is 28.8 Å². The van der Waals surface area contributed by atoms with E-state index in [1.807, 2.05) is 31.2 Å². The number of aliphatic hydroxyl groups excluding tert-OH is 1. The normalized spacial score (nSPS) is 26.5. The number of ether oxygens (including phenoxy) is 1. The Morgan fingerprint density at radius 2 is 1.72 bits per heavy atom. The van der Waals surface area contributed by atoms with Crippen LogP contribution >= 0.6 is 0 Å². The molecule has 6 rings (SSSR count). The molecule has 3 heterocycles. The zero-order valence-corrected chi connectivity index (χ0v) is 25.4. The fourth-order valence-corrected chi connectivity index (χ4v) is 7.27. The average Bonchev–Trinajstić information content (AvgIpc) is 3.40. The maximum absolute atomic E-state index is 14.1. The Labute approximate surface area is 250 Å². The summed E-state index contributed by atoms with van der Waals surface area (Å²) in [6.45, 7) is 8.43. The second kappa shape index (κ2) is 10.5. The Balaban J connectivity index is 1.23. The topological polar surface area (TPSA) is 109 Å². The van der Waals surface area contributed by atoms with Crippen LogP contribution in [0.2, 0.25) is 0 Å². The minimum atomic E-state index is -2.69. The van der Waals surface area contributed by atoms with Gasteiger partial charge in [-0.2, -0.15) is 4.98 Å². The molecule has 1 aromatic carbocycles. The third-order valence-corrected chi connectivity index (χ3v) is 10.1. The van der Waals surface area contributed by atoms with Gasteiger partial charge in [0.15, 0.2) is 5.82 Å². The lowest BCUT2D eigenvalue weighted by Gasteiger charge is -2.54. The summed E-state index contributed by atoms with van der Waals surface area (Å²) in [5, 5.41) is 15.2. The molecule has 2 amide bonds. The molecule has 2 aliphatic carbocycles. The van der Waals surface area contributed by atoms with Crippen LogP contribution in [0.5, 0.6) is 0 Å². The fraction of sp³-hybridized carbons (Fsp3) is 0.688. The van der Waals surface area contributed by atoms with E-state index in [9.17, 15) is 23.5 Å². The van der Waals surface area contributed by atoms with E-state index in [2.05, 4.69) is 10.1 Å². The minimum Gasteiger partial charge on any atom is -0.444 e. The molecule has 2 aromatic rings. The van der Waals surface area contributed by atoms with Crippen LogP contribution in [0.1, 0.15) is 101 Å². The third kappa shape index (κ3) is 5.53. The van der Waals surface area contributed by atoms with Gasteiger partial charge in [0.05, 0.1) is 11.5 Å². The fourth-order valence-electron chi connectivity index (χ4n) is 7.27. The number of rotatable bonds is 4. The molecule has 4 aliphatic rings. The van der Waals surface area contributed by atoms with Gasteiger partial charge < -0.3 is 19.3 Å². The first-order valence-electron chi connectivity index (χ1n) is 15.5. The van der Waals surface area contributed by atoms with Crippen molar-refractivity contribution in [3.63, 3.8) is 0 Å². The Kier molecular flexibility index (Phi) is 7.34. The molecule has 2 saturated carbocycles. The first kappa shape index (κ1) is 30.0.